The second kappa shape index (κ2) is 4.94. The van der Waals surface area contributed by atoms with Gasteiger partial charge < -0.3 is 14.9 Å². The summed E-state index contributed by atoms with van der Waals surface area (Å²) in [6.07, 6.45) is 0.796. The van der Waals surface area contributed by atoms with Gasteiger partial charge in [0.1, 0.15) is 11.0 Å². The summed E-state index contributed by atoms with van der Waals surface area (Å²) in [5.41, 5.74) is 2.13. The molecule has 2 amide bonds. The molecule has 23 heavy (non-hydrogen) atoms. The average Bonchev–Trinajstić information content (AvgIpc) is 2.99. The number of carbonyl (C=O) groups is 2. The third kappa shape index (κ3) is 2.30. The maximum Gasteiger partial charge on any atom is 0.407 e. The molecule has 0 radical (unpaired) electrons. The van der Waals surface area contributed by atoms with Crippen molar-refractivity contribution in [2.45, 2.75) is 12.8 Å². The van der Waals surface area contributed by atoms with Crippen LogP contribution in [0.3, 0.4) is 0 Å². The van der Waals surface area contributed by atoms with E-state index in [1.165, 1.54) is 4.90 Å². The fourth-order valence-corrected chi connectivity index (χ4v) is 3.55. The Hall–Kier alpha value is -2.64. The number of aromatic nitrogens is 3. The first-order valence-electron chi connectivity index (χ1n) is 7.64. The van der Waals surface area contributed by atoms with Gasteiger partial charge >= 0.3 is 6.09 Å². The van der Waals surface area contributed by atoms with Crippen LogP contribution in [0.25, 0.3) is 11.0 Å². The van der Waals surface area contributed by atoms with Crippen LogP contribution in [0.1, 0.15) is 23.2 Å². The zero-order chi connectivity index (χ0) is 16.0. The number of likely N-dealkylation sites (tertiary alicyclic amines) is 2. The third-order valence-electron chi connectivity index (χ3n) is 5.00. The summed E-state index contributed by atoms with van der Waals surface area (Å²) in [5.74, 6) is 0.00110. The first-order valence-corrected chi connectivity index (χ1v) is 7.64. The minimum atomic E-state index is -0.854. The third-order valence-corrected chi connectivity index (χ3v) is 5.00. The highest BCUT2D eigenvalue weighted by atomic mass is 16.4. The molecule has 4 rings (SSSR count). The summed E-state index contributed by atoms with van der Waals surface area (Å²) in [6.45, 7) is 2.52. The van der Waals surface area contributed by atoms with Gasteiger partial charge in [0, 0.05) is 37.2 Å². The van der Waals surface area contributed by atoms with E-state index in [1.54, 1.807) is 18.2 Å². The van der Waals surface area contributed by atoms with Crippen molar-refractivity contribution in [2.24, 2.45) is 5.41 Å². The van der Waals surface area contributed by atoms with E-state index in [1.807, 2.05) is 4.90 Å². The number of carbonyl (C=O) groups excluding carboxylic acids is 1. The highest BCUT2D eigenvalue weighted by Gasteiger charge is 2.47. The van der Waals surface area contributed by atoms with Gasteiger partial charge in [-0.05, 0) is 31.0 Å². The Morgan fingerprint density at radius 2 is 1.78 bits per heavy atom. The number of piperidine rings is 1. The van der Waals surface area contributed by atoms with Crippen LogP contribution in [0.4, 0.5) is 4.79 Å². The number of fused-ring (bicyclic) bond motifs is 1. The highest BCUT2D eigenvalue weighted by Crippen LogP contribution is 2.41. The molecule has 2 aliphatic heterocycles. The first kappa shape index (κ1) is 14.0. The lowest BCUT2D eigenvalue weighted by atomic mass is 9.72. The second-order valence-electron chi connectivity index (χ2n) is 6.46. The number of benzene rings is 1. The van der Waals surface area contributed by atoms with E-state index in [2.05, 4.69) is 15.4 Å². The number of rotatable bonds is 1. The van der Waals surface area contributed by atoms with Crippen LogP contribution in [-0.2, 0) is 0 Å². The summed E-state index contributed by atoms with van der Waals surface area (Å²) in [5, 5.41) is 19.5. The molecule has 1 spiro atoms. The highest BCUT2D eigenvalue weighted by molar-refractivity contribution is 5.97. The lowest BCUT2D eigenvalue weighted by Crippen LogP contribution is -2.62. The predicted octanol–water partition coefficient (Wildman–Crippen LogP) is 1.17. The van der Waals surface area contributed by atoms with Crippen molar-refractivity contribution >= 4 is 23.0 Å². The van der Waals surface area contributed by atoms with E-state index in [0.717, 1.165) is 18.4 Å². The fraction of sp³-hybridized carbons (Fsp3) is 0.467. The van der Waals surface area contributed by atoms with Crippen molar-refractivity contribution in [3.05, 3.63) is 23.8 Å². The van der Waals surface area contributed by atoms with Crippen molar-refractivity contribution in [2.75, 3.05) is 26.2 Å². The number of nitrogens with one attached hydrogen (secondary N) is 1. The van der Waals surface area contributed by atoms with Crippen LogP contribution in [-0.4, -0.2) is 68.5 Å². The van der Waals surface area contributed by atoms with Crippen molar-refractivity contribution in [1.29, 1.82) is 0 Å². The number of hydrogen-bond acceptors (Lipinski definition) is 4. The van der Waals surface area contributed by atoms with E-state index < -0.39 is 6.09 Å². The quantitative estimate of drug-likeness (QED) is 0.822. The Bertz CT molecular complexity index is 770. The molecule has 0 atom stereocenters. The smallest absolute Gasteiger partial charge is 0.407 e. The molecule has 120 valence electrons. The fourth-order valence-electron chi connectivity index (χ4n) is 3.55. The van der Waals surface area contributed by atoms with Crippen LogP contribution >= 0.6 is 0 Å². The zero-order valence-electron chi connectivity index (χ0n) is 12.5. The maximum absolute atomic E-state index is 12.6. The van der Waals surface area contributed by atoms with Gasteiger partial charge in [-0.25, -0.2) is 4.79 Å². The van der Waals surface area contributed by atoms with Crippen LogP contribution in [0.5, 0.6) is 0 Å². The van der Waals surface area contributed by atoms with Crippen LogP contribution < -0.4 is 0 Å². The van der Waals surface area contributed by atoms with Gasteiger partial charge in [-0.1, -0.05) is 0 Å². The molecule has 8 heteroatoms. The number of carboxylic acid groups (broad SMARTS) is 1. The molecule has 0 aliphatic carbocycles. The Labute approximate surface area is 132 Å². The number of aromatic amines is 1. The molecule has 0 unspecified atom stereocenters. The molecule has 2 aromatic rings. The van der Waals surface area contributed by atoms with Gasteiger partial charge in [-0.15, -0.1) is 0 Å². The molecular weight excluding hydrogens is 298 g/mol. The van der Waals surface area contributed by atoms with Crippen molar-refractivity contribution < 1.29 is 14.7 Å². The normalized spacial score (nSPS) is 19.8. The average molecular weight is 315 g/mol. The minimum absolute atomic E-state index is 0.00110. The van der Waals surface area contributed by atoms with Gasteiger partial charge in [-0.3, -0.25) is 4.79 Å². The topological polar surface area (TPSA) is 102 Å². The summed E-state index contributed by atoms with van der Waals surface area (Å²) in [4.78, 5) is 26.8. The lowest BCUT2D eigenvalue weighted by Gasteiger charge is -2.53. The molecule has 2 saturated heterocycles. The predicted molar refractivity (Wildman–Crippen MR) is 81.1 cm³/mol. The molecule has 1 aromatic carbocycles. The van der Waals surface area contributed by atoms with Gasteiger partial charge in [0.15, 0.2) is 0 Å². The standard InChI is InChI=1S/C15H17N5O3/c21-13(10-1-2-11-12(7-10)17-18-16-11)20-8-15(9-20)3-5-19(6-4-15)14(22)23/h1-2,7H,3-6,8-9H2,(H,22,23)(H,16,17,18). The monoisotopic (exact) mass is 315 g/mol. The molecule has 2 aliphatic rings. The van der Waals surface area contributed by atoms with Crippen molar-refractivity contribution in [3.63, 3.8) is 0 Å². The molecular formula is C15H17N5O3. The van der Waals surface area contributed by atoms with E-state index in [-0.39, 0.29) is 11.3 Å². The molecule has 8 nitrogen and oxygen atoms in total. The zero-order valence-corrected chi connectivity index (χ0v) is 12.5. The summed E-state index contributed by atoms with van der Waals surface area (Å²) >= 11 is 0. The Balaban J connectivity index is 1.41. The van der Waals surface area contributed by atoms with E-state index in [9.17, 15) is 9.59 Å². The van der Waals surface area contributed by atoms with Crippen LogP contribution in [0, 0.1) is 5.41 Å². The Kier molecular flexibility index (Phi) is 3.00. The molecule has 0 saturated carbocycles. The minimum Gasteiger partial charge on any atom is -0.465 e. The Morgan fingerprint density at radius 1 is 1.09 bits per heavy atom. The second-order valence-corrected chi connectivity index (χ2v) is 6.46. The first-order chi connectivity index (χ1) is 11.1. The number of nitrogens with zero attached hydrogens (tertiary/aromatic N) is 4. The van der Waals surface area contributed by atoms with Crippen molar-refractivity contribution in [1.82, 2.24) is 25.2 Å². The molecule has 0 bridgehead atoms. The maximum atomic E-state index is 12.6. The molecule has 2 N–H and O–H groups in total. The van der Waals surface area contributed by atoms with E-state index in [4.69, 9.17) is 5.11 Å². The molecule has 1 aromatic heterocycles. The SMILES string of the molecule is O=C(O)N1CCC2(CC1)CN(C(=O)c1ccc3n[nH]nc3c1)C2. The van der Waals surface area contributed by atoms with E-state index >= 15 is 0 Å². The molecule has 3 heterocycles. The van der Waals surface area contributed by atoms with Gasteiger partial charge in [-0.2, -0.15) is 15.4 Å². The summed E-state index contributed by atoms with van der Waals surface area (Å²) in [6, 6.07) is 5.30. The summed E-state index contributed by atoms with van der Waals surface area (Å²) in [7, 11) is 0. The number of hydrogen-bond donors (Lipinski definition) is 2. The number of amides is 2. The van der Waals surface area contributed by atoms with Crippen LogP contribution in [0.2, 0.25) is 0 Å². The van der Waals surface area contributed by atoms with Gasteiger partial charge in [0.05, 0.1) is 0 Å². The van der Waals surface area contributed by atoms with E-state index in [0.29, 0.717) is 37.3 Å². The number of H-pyrrole nitrogens is 1. The van der Waals surface area contributed by atoms with Crippen LogP contribution in [0.15, 0.2) is 18.2 Å². The largest absolute Gasteiger partial charge is 0.465 e. The van der Waals surface area contributed by atoms with Crippen molar-refractivity contribution in [3.8, 4) is 0 Å². The molecule has 2 fully saturated rings. The lowest BCUT2D eigenvalue weighted by molar-refractivity contribution is -0.0291. The summed E-state index contributed by atoms with van der Waals surface area (Å²) < 4.78 is 0. The Morgan fingerprint density at radius 3 is 2.48 bits per heavy atom. The van der Waals surface area contributed by atoms with Gasteiger partial charge in [0.25, 0.3) is 5.91 Å². The van der Waals surface area contributed by atoms with Gasteiger partial charge in [0.2, 0.25) is 0 Å².